The van der Waals surface area contributed by atoms with Crippen LogP contribution < -0.4 is 10.6 Å². The molecule has 0 aliphatic carbocycles. The third-order valence-electron chi connectivity index (χ3n) is 5.38. The molecule has 0 saturated carbocycles. The van der Waals surface area contributed by atoms with E-state index in [1.165, 1.54) is 0 Å². The van der Waals surface area contributed by atoms with E-state index in [1.54, 1.807) is 17.0 Å². The van der Waals surface area contributed by atoms with Crippen molar-refractivity contribution in [3.8, 4) is 0 Å². The molecule has 140 valence electrons. The first-order valence-corrected chi connectivity index (χ1v) is 9.34. The van der Waals surface area contributed by atoms with E-state index in [2.05, 4.69) is 24.5 Å². The van der Waals surface area contributed by atoms with Crippen molar-refractivity contribution in [3.63, 3.8) is 0 Å². The van der Waals surface area contributed by atoms with E-state index in [0.29, 0.717) is 44.0 Å². The van der Waals surface area contributed by atoms with Gasteiger partial charge in [-0.25, -0.2) is 0 Å². The number of nitrogens with one attached hydrogen (secondary N) is 2. The summed E-state index contributed by atoms with van der Waals surface area (Å²) in [6.07, 6.45) is 1.97. The molecular weight excluding hydrogens is 330 g/mol. The number of nitrogens with zero attached hydrogens (tertiary/aromatic N) is 1. The highest BCUT2D eigenvalue weighted by Crippen LogP contribution is 2.40. The number of amides is 3. The molecule has 26 heavy (non-hydrogen) atoms. The van der Waals surface area contributed by atoms with Gasteiger partial charge in [0.1, 0.15) is 6.04 Å². The normalized spacial score (nSPS) is 25.0. The van der Waals surface area contributed by atoms with Gasteiger partial charge in [-0.3, -0.25) is 14.4 Å². The molecule has 2 atom stereocenters. The summed E-state index contributed by atoms with van der Waals surface area (Å²) < 4.78 is 0. The van der Waals surface area contributed by atoms with Crippen molar-refractivity contribution in [1.82, 2.24) is 15.5 Å². The highest BCUT2D eigenvalue weighted by atomic mass is 16.2. The van der Waals surface area contributed by atoms with E-state index < -0.39 is 11.5 Å². The summed E-state index contributed by atoms with van der Waals surface area (Å²) in [6.45, 7) is 5.75. The molecule has 2 aliphatic rings. The summed E-state index contributed by atoms with van der Waals surface area (Å²) in [4.78, 5) is 39.3. The predicted octanol–water partition coefficient (Wildman–Crippen LogP) is 1.57. The van der Waals surface area contributed by atoms with Crippen LogP contribution >= 0.6 is 0 Å². The minimum absolute atomic E-state index is 0.0555. The maximum atomic E-state index is 12.6. The lowest BCUT2D eigenvalue weighted by Crippen LogP contribution is -2.42. The minimum Gasteiger partial charge on any atom is -0.354 e. The first kappa shape index (κ1) is 18.4. The van der Waals surface area contributed by atoms with E-state index in [0.717, 1.165) is 6.42 Å². The fraction of sp³-hybridized carbons (Fsp3) is 0.550. The summed E-state index contributed by atoms with van der Waals surface area (Å²) in [7, 11) is 0. The average Bonchev–Trinajstić information content (AvgIpc) is 3.19. The molecule has 2 fully saturated rings. The van der Waals surface area contributed by atoms with Gasteiger partial charge in [0.2, 0.25) is 11.8 Å². The van der Waals surface area contributed by atoms with Crippen molar-refractivity contribution in [3.05, 3.63) is 35.9 Å². The molecule has 6 nitrogen and oxygen atoms in total. The molecule has 2 heterocycles. The lowest BCUT2D eigenvalue weighted by Gasteiger charge is -2.21. The zero-order valence-electron chi connectivity index (χ0n) is 15.5. The van der Waals surface area contributed by atoms with Crippen LogP contribution in [0.4, 0.5) is 0 Å². The Bertz CT molecular complexity index is 689. The lowest BCUT2D eigenvalue weighted by atomic mass is 9.84. The number of hydrogen-bond acceptors (Lipinski definition) is 3. The highest BCUT2D eigenvalue weighted by Gasteiger charge is 2.53. The SMILES string of the molecule is CC(C)CCNC(=O)[C@@H]1C[C@]2(CCN(C(=O)c3ccccc3)C2)C(=O)N1. The first-order valence-electron chi connectivity index (χ1n) is 9.34. The van der Waals surface area contributed by atoms with Crippen molar-refractivity contribution in [2.24, 2.45) is 11.3 Å². The van der Waals surface area contributed by atoms with Crippen molar-refractivity contribution in [2.75, 3.05) is 19.6 Å². The van der Waals surface area contributed by atoms with E-state index >= 15 is 0 Å². The van der Waals surface area contributed by atoms with Crippen molar-refractivity contribution in [1.29, 1.82) is 0 Å². The van der Waals surface area contributed by atoms with Gasteiger partial charge in [0.05, 0.1) is 5.41 Å². The van der Waals surface area contributed by atoms with Crippen LogP contribution in [-0.2, 0) is 9.59 Å². The standard InChI is InChI=1S/C20H27N3O3/c1-14(2)8-10-21-17(24)16-12-20(19(26)22-16)9-11-23(13-20)18(25)15-6-4-3-5-7-15/h3-7,14,16H,8-13H2,1-2H3,(H,21,24)(H,22,26)/t16-,20-/m0/s1. The van der Waals surface area contributed by atoms with Crippen LogP contribution in [0.15, 0.2) is 30.3 Å². The van der Waals surface area contributed by atoms with Crippen molar-refractivity contribution in [2.45, 2.75) is 39.2 Å². The molecule has 3 rings (SSSR count). The Morgan fingerprint density at radius 3 is 2.73 bits per heavy atom. The Hall–Kier alpha value is -2.37. The Kier molecular flexibility index (Phi) is 5.30. The molecule has 0 bridgehead atoms. The molecule has 0 aromatic heterocycles. The molecule has 0 unspecified atom stereocenters. The summed E-state index contributed by atoms with van der Waals surface area (Å²) in [6, 6.07) is 8.61. The molecule has 2 saturated heterocycles. The molecule has 3 amide bonds. The van der Waals surface area contributed by atoms with Gasteiger partial charge in [-0.2, -0.15) is 0 Å². The predicted molar refractivity (Wildman–Crippen MR) is 98.4 cm³/mol. The van der Waals surface area contributed by atoms with Gasteiger partial charge in [-0.05, 0) is 37.3 Å². The smallest absolute Gasteiger partial charge is 0.253 e. The highest BCUT2D eigenvalue weighted by molar-refractivity contribution is 5.97. The Balaban J connectivity index is 1.60. The average molecular weight is 357 g/mol. The molecule has 0 radical (unpaired) electrons. The van der Waals surface area contributed by atoms with Gasteiger partial charge in [0.25, 0.3) is 5.91 Å². The van der Waals surface area contributed by atoms with Crippen molar-refractivity contribution < 1.29 is 14.4 Å². The minimum atomic E-state index is -0.634. The molecule has 6 heteroatoms. The summed E-state index contributed by atoms with van der Waals surface area (Å²) in [5, 5.41) is 5.74. The zero-order chi connectivity index (χ0) is 18.7. The summed E-state index contributed by atoms with van der Waals surface area (Å²) in [5.41, 5.74) is -0.00394. The number of carbonyl (C=O) groups excluding carboxylic acids is 3. The van der Waals surface area contributed by atoms with Gasteiger partial charge < -0.3 is 15.5 Å². The topological polar surface area (TPSA) is 78.5 Å². The molecule has 2 aliphatic heterocycles. The first-order chi connectivity index (χ1) is 12.4. The number of hydrogen-bond donors (Lipinski definition) is 2. The van der Waals surface area contributed by atoms with E-state index in [9.17, 15) is 14.4 Å². The second kappa shape index (κ2) is 7.48. The Morgan fingerprint density at radius 1 is 1.31 bits per heavy atom. The second-order valence-electron chi connectivity index (χ2n) is 7.83. The molecular formula is C20H27N3O3. The molecule has 1 aromatic carbocycles. The quantitative estimate of drug-likeness (QED) is 0.840. The maximum absolute atomic E-state index is 12.6. The third kappa shape index (κ3) is 3.74. The summed E-state index contributed by atoms with van der Waals surface area (Å²) >= 11 is 0. The van der Waals surface area contributed by atoms with Crippen LogP contribution in [0.2, 0.25) is 0 Å². The zero-order valence-corrected chi connectivity index (χ0v) is 15.5. The lowest BCUT2D eigenvalue weighted by molar-refractivity contribution is -0.128. The van der Waals surface area contributed by atoms with E-state index in [4.69, 9.17) is 0 Å². The molecule has 2 N–H and O–H groups in total. The van der Waals surface area contributed by atoms with Gasteiger partial charge in [-0.15, -0.1) is 0 Å². The number of benzene rings is 1. The fourth-order valence-corrected chi connectivity index (χ4v) is 3.77. The molecule has 1 aromatic rings. The van der Waals surface area contributed by atoms with Crippen LogP contribution in [-0.4, -0.2) is 48.3 Å². The third-order valence-corrected chi connectivity index (χ3v) is 5.38. The largest absolute Gasteiger partial charge is 0.354 e. The van der Waals surface area contributed by atoms with Crippen molar-refractivity contribution >= 4 is 17.7 Å². The maximum Gasteiger partial charge on any atom is 0.253 e. The fourth-order valence-electron chi connectivity index (χ4n) is 3.77. The summed E-state index contributed by atoms with van der Waals surface area (Å²) in [5.74, 6) is 0.237. The van der Waals surface area contributed by atoms with Gasteiger partial charge in [0, 0.05) is 25.2 Å². The van der Waals surface area contributed by atoms with E-state index in [-0.39, 0.29) is 17.7 Å². The van der Waals surface area contributed by atoms with Crippen LogP contribution in [0.5, 0.6) is 0 Å². The number of rotatable bonds is 5. The number of likely N-dealkylation sites (tertiary alicyclic amines) is 1. The van der Waals surface area contributed by atoms with Crippen LogP contribution in [0.3, 0.4) is 0 Å². The van der Waals surface area contributed by atoms with E-state index in [1.807, 2.05) is 18.2 Å². The Labute approximate surface area is 154 Å². The Morgan fingerprint density at radius 2 is 2.04 bits per heavy atom. The van der Waals surface area contributed by atoms with Gasteiger partial charge in [0.15, 0.2) is 0 Å². The van der Waals surface area contributed by atoms with Gasteiger partial charge in [-0.1, -0.05) is 32.0 Å². The monoisotopic (exact) mass is 357 g/mol. The van der Waals surface area contributed by atoms with Gasteiger partial charge >= 0.3 is 0 Å². The molecule has 1 spiro atoms. The van der Waals surface area contributed by atoms with Crippen LogP contribution in [0.1, 0.15) is 43.5 Å². The number of carbonyl (C=O) groups is 3. The van der Waals surface area contributed by atoms with Crippen LogP contribution in [0.25, 0.3) is 0 Å². The second-order valence-corrected chi connectivity index (χ2v) is 7.83. The van der Waals surface area contributed by atoms with Crippen LogP contribution in [0, 0.1) is 11.3 Å².